The van der Waals surface area contributed by atoms with E-state index in [1.807, 2.05) is 109 Å². The summed E-state index contributed by atoms with van der Waals surface area (Å²) in [6.07, 6.45) is -2.08. The van der Waals surface area contributed by atoms with E-state index in [0.717, 1.165) is 33.4 Å². The number of nitrogens with zero attached hydrogens (tertiary/aromatic N) is 2. The van der Waals surface area contributed by atoms with Crippen LogP contribution in [0.5, 0.6) is 0 Å². The Morgan fingerprint density at radius 1 is 0.592 bits per heavy atom. The second kappa shape index (κ2) is 15.5. The van der Waals surface area contributed by atoms with Crippen molar-refractivity contribution in [3.63, 3.8) is 0 Å². The molecular formula is C38H38N4O7. The summed E-state index contributed by atoms with van der Waals surface area (Å²) in [6.45, 7) is -0.243. The molecule has 0 bridgehead atoms. The molecule has 2 atom stereocenters. The van der Waals surface area contributed by atoms with Gasteiger partial charge in [0.15, 0.2) is 0 Å². The third-order valence-corrected chi connectivity index (χ3v) is 8.80. The first-order valence-corrected chi connectivity index (χ1v) is 16.2. The standard InChI is InChI=1S/C38H38N4O7/c43-23-34(39-35(44)32-19-28-15-7-9-17-30(28)21-41(32)37(46)48-24-26-11-3-1-4-12-26)40-36(45)33-20-29-16-8-10-18-31(29)22-42(33)38(47)49-25-27-13-5-2-6-14-27/h1-18,32-34,43H,19-25H2,(H,39,44)(H,40,45)/t32-,33-/m0/s1. The number of amides is 4. The van der Waals surface area contributed by atoms with Gasteiger partial charge in [0.1, 0.15) is 31.5 Å². The van der Waals surface area contributed by atoms with Crippen LogP contribution in [0.4, 0.5) is 9.59 Å². The van der Waals surface area contributed by atoms with Gasteiger partial charge in [0.25, 0.3) is 0 Å². The summed E-state index contributed by atoms with van der Waals surface area (Å²) in [6, 6.07) is 31.6. The molecule has 4 amide bonds. The van der Waals surface area contributed by atoms with E-state index >= 15 is 0 Å². The summed E-state index contributed by atoms with van der Waals surface area (Å²) in [5, 5.41) is 15.7. The number of hydrogen-bond acceptors (Lipinski definition) is 7. The van der Waals surface area contributed by atoms with Gasteiger partial charge in [0, 0.05) is 12.8 Å². The second-order valence-corrected chi connectivity index (χ2v) is 12.1. The number of rotatable bonds is 9. The van der Waals surface area contributed by atoms with E-state index in [9.17, 15) is 24.3 Å². The molecular weight excluding hydrogens is 624 g/mol. The molecule has 49 heavy (non-hydrogen) atoms. The number of carbonyl (C=O) groups excluding carboxylic acids is 4. The average Bonchev–Trinajstić information content (AvgIpc) is 3.15. The first-order chi connectivity index (χ1) is 23.9. The molecule has 0 unspecified atom stereocenters. The van der Waals surface area contributed by atoms with Gasteiger partial charge >= 0.3 is 12.2 Å². The monoisotopic (exact) mass is 662 g/mol. The normalized spacial score (nSPS) is 16.6. The fourth-order valence-electron chi connectivity index (χ4n) is 6.17. The van der Waals surface area contributed by atoms with Crippen molar-refractivity contribution in [3.05, 3.63) is 143 Å². The molecule has 0 spiro atoms. The van der Waals surface area contributed by atoms with Gasteiger partial charge in [-0.1, -0.05) is 109 Å². The van der Waals surface area contributed by atoms with Crippen molar-refractivity contribution in [1.82, 2.24) is 20.4 Å². The molecule has 0 aliphatic carbocycles. The Bertz CT molecular complexity index is 1660. The molecule has 11 nitrogen and oxygen atoms in total. The zero-order valence-corrected chi connectivity index (χ0v) is 26.9. The maximum absolute atomic E-state index is 13.8. The highest BCUT2D eigenvalue weighted by molar-refractivity contribution is 5.89. The van der Waals surface area contributed by atoms with E-state index in [0.29, 0.717) is 0 Å². The van der Waals surface area contributed by atoms with Gasteiger partial charge in [0.05, 0.1) is 19.7 Å². The number of nitrogens with one attached hydrogen (secondary N) is 2. The van der Waals surface area contributed by atoms with Gasteiger partial charge in [-0.15, -0.1) is 0 Å². The van der Waals surface area contributed by atoms with Crippen molar-refractivity contribution in [2.45, 2.75) is 57.4 Å². The SMILES string of the molecule is O=C(NC(CO)NC(=O)[C@@H]1Cc2ccccc2CN1C(=O)OCc1ccccc1)[C@@H]1Cc2ccccc2CN1C(=O)OCc1ccccc1. The lowest BCUT2D eigenvalue weighted by Gasteiger charge is -2.37. The first-order valence-electron chi connectivity index (χ1n) is 16.2. The minimum atomic E-state index is -1.20. The van der Waals surface area contributed by atoms with Crippen molar-refractivity contribution in [2.24, 2.45) is 0 Å². The molecule has 2 aliphatic rings. The Kier molecular flexibility index (Phi) is 10.5. The van der Waals surface area contributed by atoms with Gasteiger partial charge in [-0.2, -0.15) is 0 Å². The van der Waals surface area contributed by atoms with Gasteiger partial charge in [-0.3, -0.25) is 19.4 Å². The largest absolute Gasteiger partial charge is 0.445 e. The lowest BCUT2D eigenvalue weighted by molar-refractivity contribution is -0.131. The topological polar surface area (TPSA) is 138 Å². The maximum atomic E-state index is 13.8. The van der Waals surface area contributed by atoms with E-state index in [1.165, 1.54) is 9.80 Å². The van der Waals surface area contributed by atoms with E-state index in [-0.39, 0.29) is 39.1 Å². The van der Waals surface area contributed by atoms with Crippen LogP contribution in [-0.2, 0) is 58.2 Å². The third-order valence-electron chi connectivity index (χ3n) is 8.80. The summed E-state index contributed by atoms with van der Waals surface area (Å²) in [5.74, 6) is -1.14. The smallest absolute Gasteiger partial charge is 0.411 e. The minimum Gasteiger partial charge on any atom is -0.445 e. The van der Waals surface area contributed by atoms with E-state index in [1.54, 1.807) is 0 Å². The average molecular weight is 663 g/mol. The van der Waals surface area contributed by atoms with Crippen LogP contribution in [0.2, 0.25) is 0 Å². The Labute approximate surface area is 284 Å². The molecule has 0 fully saturated rings. The number of aliphatic hydroxyl groups excluding tert-OH is 1. The van der Waals surface area contributed by atoms with Crippen LogP contribution in [0.1, 0.15) is 33.4 Å². The number of fused-ring (bicyclic) bond motifs is 2. The van der Waals surface area contributed by atoms with Crippen LogP contribution in [0.25, 0.3) is 0 Å². The molecule has 4 aromatic carbocycles. The zero-order valence-electron chi connectivity index (χ0n) is 26.9. The van der Waals surface area contributed by atoms with Crippen LogP contribution >= 0.6 is 0 Å². The summed E-state index contributed by atoms with van der Waals surface area (Å²) >= 11 is 0. The van der Waals surface area contributed by atoms with Crippen LogP contribution in [0.3, 0.4) is 0 Å². The molecule has 0 aromatic heterocycles. The number of aliphatic hydroxyl groups is 1. The fourth-order valence-corrected chi connectivity index (χ4v) is 6.17. The Morgan fingerprint density at radius 3 is 1.35 bits per heavy atom. The van der Waals surface area contributed by atoms with Crippen molar-refractivity contribution >= 4 is 24.0 Å². The van der Waals surface area contributed by atoms with E-state index in [4.69, 9.17) is 9.47 Å². The first kappa shape index (κ1) is 33.2. The van der Waals surface area contributed by atoms with Crippen LogP contribution in [0.15, 0.2) is 109 Å². The van der Waals surface area contributed by atoms with Crippen LogP contribution in [0, 0.1) is 0 Å². The summed E-state index contributed by atoms with van der Waals surface area (Å²) in [4.78, 5) is 56.9. The maximum Gasteiger partial charge on any atom is 0.411 e. The summed E-state index contributed by atoms with van der Waals surface area (Å²) in [7, 11) is 0. The number of ether oxygens (including phenoxy) is 2. The predicted octanol–water partition coefficient (Wildman–Crippen LogP) is 4.06. The van der Waals surface area contributed by atoms with Crippen molar-refractivity contribution in [3.8, 4) is 0 Å². The summed E-state index contributed by atoms with van der Waals surface area (Å²) < 4.78 is 11.2. The quantitative estimate of drug-likeness (QED) is 0.230. The van der Waals surface area contributed by atoms with Crippen molar-refractivity contribution < 1.29 is 33.8 Å². The van der Waals surface area contributed by atoms with E-state index in [2.05, 4.69) is 10.6 Å². The van der Waals surface area contributed by atoms with Gasteiger partial charge in [-0.25, -0.2) is 9.59 Å². The highest BCUT2D eigenvalue weighted by Crippen LogP contribution is 2.26. The van der Waals surface area contributed by atoms with Crippen LogP contribution < -0.4 is 10.6 Å². The molecule has 6 rings (SSSR count). The molecule has 3 N–H and O–H groups in total. The number of carbonyl (C=O) groups is 4. The molecule has 252 valence electrons. The lowest BCUT2D eigenvalue weighted by atomic mass is 9.93. The third kappa shape index (κ3) is 8.07. The van der Waals surface area contributed by atoms with E-state index < -0.39 is 48.9 Å². The van der Waals surface area contributed by atoms with Crippen LogP contribution in [-0.4, -0.2) is 63.8 Å². The Balaban J connectivity index is 1.15. The Morgan fingerprint density at radius 2 is 0.959 bits per heavy atom. The van der Waals surface area contributed by atoms with Crippen molar-refractivity contribution in [1.29, 1.82) is 0 Å². The van der Waals surface area contributed by atoms with Gasteiger partial charge in [-0.05, 0) is 33.4 Å². The van der Waals surface area contributed by atoms with Gasteiger partial charge < -0.3 is 25.2 Å². The molecule has 0 radical (unpaired) electrons. The number of benzene rings is 4. The highest BCUT2D eigenvalue weighted by atomic mass is 16.6. The highest BCUT2D eigenvalue weighted by Gasteiger charge is 2.39. The van der Waals surface area contributed by atoms with Crippen molar-refractivity contribution in [2.75, 3.05) is 6.61 Å². The molecule has 4 aromatic rings. The zero-order chi connectivity index (χ0) is 34.2. The lowest BCUT2D eigenvalue weighted by Crippen LogP contribution is -2.61. The molecule has 0 saturated heterocycles. The number of hydrogen-bond donors (Lipinski definition) is 3. The second-order valence-electron chi connectivity index (χ2n) is 12.1. The molecule has 2 aliphatic heterocycles. The van der Waals surface area contributed by atoms with Gasteiger partial charge in [0.2, 0.25) is 11.8 Å². The Hall–Kier alpha value is -5.68. The summed E-state index contributed by atoms with van der Waals surface area (Å²) in [5.41, 5.74) is 5.22. The molecule has 11 heteroatoms. The molecule has 2 heterocycles. The molecule has 0 saturated carbocycles. The minimum absolute atomic E-state index is 0.0380. The predicted molar refractivity (Wildman–Crippen MR) is 179 cm³/mol. The fraction of sp³-hybridized carbons (Fsp3) is 0.263.